The number of aliphatic imine (C=N–C) groups is 3. The molecule has 4 N–H and O–H groups in total. The minimum absolute atomic E-state index is 0.00351. The van der Waals surface area contributed by atoms with Gasteiger partial charge in [0, 0.05) is 202 Å². The minimum Gasteiger partial charge on any atom is -0.496 e. The van der Waals surface area contributed by atoms with Crippen LogP contribution in [0.4, 0.5) is 22.0 Å². The van der Waals surface area contributed by atoms with E-state index in [4.69, 9.17) is 33.2 Å². The number of carboxylic acid groups (broad SMARTS) is 4. The zero-order chi connectivity index (χ0) is 101. The lowest BCUT2D eigenvalue weighted by Gasteiger charge is -2.29. The molecule has 30 heteroatoms. The zero-order valence-electron chi connectivity index (χ0n) is 80.6. The molecule has 1 atom stereocenters. The van der Waals surface area contributed by atoms with Gasteiger partial charge in [-0.25, -0.2) is 46.1 Å². The monoisotopic (exact) mass is 1960 g/mol. The number of carboxylic acids is 4. The number of nitrogens with zero attached hydrogens (tertiary/aromatic N) is 10. The molecule has 0 saturated carbocycles. The molecule has 23 rings (SSSR count). The van der Waals surface area contributed by atoms with Gasteiger partial charge in [-0.2, -0.15) is 5.10 Å². The van der Waals surface area contributed by atoms with Crippen molar-refractivity contribution >= 4 is 97.0 Å². The summed E-state index contributed by atoms with van der Waals surface area (Å²) in [6.07, 6.45) is 12.9. The van der Waals surface area contributed by atoms with Crippen LogP contribution in [0.5, 0.6) is 17.4 Å². The molecule has 0 bridgehead atoms. The number of hydrogen-bond acceptors (Lipinski definition) is 16. The molecule has 6 aromatic heterocycles. The Kier molecular flexibility index (Phi) is 26.6. The SMILES string of the molecule is COCC(C)(C)c1c(-c2c(OC)cc(C(=O)O)cc2OC)c2cc3c(cc2n1-c1ccc(F)c(F)c1)C=NC3.COc1nc(C(=O)O)ccc1-c1c(C2CCCOC2)n(-c2ccc(F)c(C)c2)c2cc3c(cc12)CN=C3.Cn1cc2cc3c(cc2n1)c(-c1ccc(C(=O)O)cc1)c(C1CCOCC1)n3-c1ccc(F)cc1.O=C(O)c1ccc(-c2c(C3CCOCC3)n(-c3ccc(F)cc3)c3cc4c(cc23)CN=C4)cc1. The Labute approximate surface area is 829 Å². The Morgan fingerprint density at radius 1 is 0.428 bits per heavy atom. The van der Waals surface area contributed by atoms with E-state index in [0.29, 0.717) is 105 Å². The second kappa shape index (κ2) is 40.1. The molecule has 0 amide bonds. The number of carbonyl (C=O) groups is 4. The van der Waals surface area contributed by atoms with Gasteiger partial charge in [0.25, 0.3) is 0 Å². The number of benzene rings is 11. The van der Waals surface area contributed by atoms with Gasteiger partial charge in [-0.3, -0.25) is 19.7 Å². The number of aromatic carboxylic acids is 4. The van der Waals surface area contributed by atoms with Crippen molar-refractivity contribution in [2.75, 3.05) is 74.7 Å². The summed E-state index contributed by atoms with van der Waals surface area (Å²) in [6.45, 7) is 11.8. The second-order valence-corrected chi connectivity index (χ2v) is 37.6. The summed E-state index contributed by atoms with van der Waals surface area (Å²) in [6, 6.07) is 59.3. The molecule has 0 radical (unpaired) electrons. The van der Waals surface area contributed by atoms with Gasteiger partial charge in [0.05, 0.1) is 104 Å². The van der Waals surface area contributed by atoms with Gasteiger partial charge in [0.2, 0.25) is 5.88 Å². The number of aromatic nitrogens is 7. The van der Waals surface area contributed by atoms with Crippen molar-refractivity contribution in [1.82, 2.24) is 33.0 Å². The number of rotatable bonds is 21. The van der Waals surface area contributed by atoms with Gasteiger partial charge in [0.1, 0.15) is 29.0 Å². The fourth-order valence-corrected chi connectivity index (χ4v) is 21.4. The molecule has 25 nitrogen and oxygen atoms in total. The molecule has 145 heavy (non-hydrogen) atoms. The molecule has 17 aromatic rings. The number of pyridine rings is 1. The van der Waals surface area contributed by atoms with E-state index in [0.717, 1.165) is 201 Å². The highest BCUT2D eigenvalue weighted by atomic mass is 19.2. The summed E-state index contributed by atoms with van der Waals surface area (Å²) in [5.41, 5.74) is 25.3. The average molecular weight is 1960 g/mol. The van der Waals surface area contributed by atoms with Gasteiger partial charge >= 0.3 is 23.9 Å². The average Bonchev–Trinajstić information content (AvgIpc) is 1.58. The summed E-state index contributed by atoms with van der Waals surface area (Å²) in [5.74, 6) is -5.51. The maximum absolute atomic E-state index is 14.6. The fourth-order valence-electron chi connectivity index (χ4n) is 21.4. The van der Waals surface area contributed by atoms with Crippen molar-refractivity contribution in [3.63, 3.8) is 0 Å². The number of aryl methyl sites for hydroxylation is 2. The highest BCUT2D eigenvalue weighted by Gasteiger charge is 2.39. The van der Waals surface area contributed by atoms with Crippen LogP contribution in [0.3, 0.4) is 0 Å². The van der Waals surface area contributed by atoms with Gasteiger partial charge in [-0.1, -0.05) is 38.1 Å². The van der Waals surface area contributed by atoms with Crippen molar-refractivity contribution in [3.05, 3.63) is 326 Å². The van der Waals surface area contributed by atoms with Gasteiger partial charge in [-0.15, -0.1) is 0 Å². The Hall–Kier alpha value is -16.0. The third kappa shape index (κ3) is 18.3. The third-order valence-corrected chi connectivity index (χ3v) is 28.0. The van der Waals surface area contributed by atoms with Gasteiger partial charge < -0.3 is 71.9 Å². The minimum atomic E-state index is -1.13. The fraction of sp³-hybridized carbons (Fsp3) is 0.243. The van der Waals surface area contributed by atoms with Crippen LogP contribution in [0.1, 0.15) is 173 Å². The van der Waals surface area contributed by atoms with Crippen LogP contribution < -0.4 is 14.2 Å². The van der Waals surface area contributed by atoms with Crippen LogP contribution in [0.25, 0.3) is 122 Å². The van der Waals surface area contributed by atoms with Crippen LogP contribution in [-0.4, -0.2) is 171 Å². The van der Waals surface area contributed by atoms with Crippen LogP contribution in [-0.2, 0) is 51.0 Å². The molecule has 3 fully saturated rings. The van der Waals surface area contributed by atoms with Crippen LogP contribution in [0, 0.1) is 36.0 Å². The normalized spacial score (nSPS) is 14.9. The molecule has 0 aliphatic carbocycles. The molecule has 6 aliphatic rings. The maximum Gasteiger partial charge on any atom is 0.354 e. The van der Waals surface area contributed by atoms with E-state index in [1.807, 2.05) is 111 Å². The van der Waals surface area contributed by atoms with Crippen molar-refractivity contribution in [1.29, 1.82) is 0 Å². The molecular formula is C115H101F5N10O15. The number of ether oxygens (including phenoxy) is 7. The van der Waals surface area contributed by atoms with Crippen molar-refractivity contribution in [3.8, 4) is 84.6 Å². The second-order valence-electron chi connectivity index (χ2n) is 37.6. The third-order valence-electron chi connectivity index (χ3n) is 28.0. The van der Waals surface area contributed by atoms with E-state index in [2.05, 4.69) is 75.2 Å². The predicted molar refractivity (Wildman–Crippen MR) is 546 cm³/mol. The Balaban J connectivity index is 0.000000118. The van der Waals surface area contributed by atoms with Crippen LogP contribution in [0.2, 0.25) is 0 Å². The lowest BCUT2D eigenvalue weighted by atomic mass is 9.84. The van der Waals surface area contributed by atoms with Crippen LogP contribution >= 0.6 is 0 Å². The summed E-state index contributed by atoms with van der Waals surface area (Å²) < 4.78 is 121. The maximum atomic E-state index is 14.6. The molecule has 736 valence electrons. The van der Waals surface area contributed by atoms with E-state index in [9.17, 15) is 61.6 Å². The first-order chi connectivity index (χ1) is 70.2. The quantitative estimate of drug-likeness (QED) is 0.0486. The largest absolute Gasteiger partial charge is 0.496 e. The molecule has 11 aromatic carbocycles. The lowest BCUT2D eigenvalue weighted by Crippen LogP contribution is -2.27. The number of methoxy groups -OCH3 is 4. The summed E-state index contributed by atoms with van der Waals surface area (Å²) in [5, 5.41) is 47.6. The molecule has 3 saturated heterocycles. The highest BCUT2D eigenvalue weighted by molar-refractivity contribution is 6.10. The van der Waals surface area contributed by atoms with E-state index >= 15 is 0 Å². The molecule has 1 unspecified atom stereocenters. The summed E-state index contributed by atoms with van der Waals surface area (Å²) in [4.78, 5) is 64.1. The van der Waals surface area contributed by atoms with E-state index in [1.54, 1.807) is 61.3 Å². The Morgan fingerprint density at radius 2 is 0.883 bits per heavy atom. The molecule has 0 spiro atoms. The van der Waals surface area contributed by atoms with Crippen molar-refractivity contribution < 1.29 is 94.7 Å². The summed E-state index contributed by atoms with van der Waals surface area (Å²) >= 11 is 0. The highest BCUT2D eigenvalue weighted by Crippen LogP contribution is 2.54. The zero-order valence-corrected chi connectivity index (χ0v) is 80.6. The first-order valence-corrected chi connectivity index (χ1v) is 47.7. The van der Waals surface area contributed by atoms with Crippen LogP contribution in [0.15, 0.2) is 227 Å². The molecular weight excluding hydrogens is 1860 g/mol. The van der Waals surface area contributed by atoms with Crippen molar-refractivity contribution in [2.24, 2.45) is 22.0 Å². The van der Waals surface area contributed by atoms with E-state index in [-0.39, 0.29) is 63.5 Å². The van der Waals surface area contributed by atoms with Gasteiger partial charge in [0.15, 0.2) is 17.3 Å². The molecule has 12 heterocycles. The summed E-state index contributed by atoms with van der Waals surface area (Å²) in [7, 11) is 7.92. The standard InChI is InChI=1S/C30H28F2N2O5.C29H26FN3O4.C28H24FN3O3.C28H23FN2O3/c1-30(2,15-37-3)28-26(27-24(38-4)10-16(29(35)36)11-25(27)39-5)20-8-17-13-33-14-18(17)9-23(20)34(28)19-6-7-21(31)22(32)12-19;1-16-10-20(5-7-23(16)30)33-25-12-19-14-31-13-18(19)11-22(25)26(27(33)17-4-3-9-37-15-17)21-6-8-24(29(34)35)32-28(21)36-2;1-31-16-20-14-25-23(15-24(20)30-31)26(17-2-4-19(5-3-17)28(33)34)27(18-10-12-35-13-11-18)32(25)22-8-6-21(29)7-9-22;29-22-5-7-23(8-6-22)31-25-14-21-16-30-15-20(21)13-24(25)26(27(31)18-9-11-34-12-10-18)17-1-3-19(4-2-17)28(32)33/h6-12,14H,13,15H2,1-5H3,(H,35,36);5-8,10-12,14,17H,3-4,9,13,15H2,1-2H3,(H,34,35);2-9,14-16,18H,10-13H2,1H3,(H,33,34);1-8,13-14,16,18H,9-12,15H2,(H,32,33). The number of fused-ring (bicyclic) bond motifs is 8. The van der Waals surface area contributed by atoms with E-state index in [1.165, 1.54) is 81.5 Å². The molecule has 6 aliphatic heterocycles. The van der Waals surface area contributed by atoms with E-state index < -0.39 is 40.9 Å². The Bertz CT molecular complexity index is 8090. The lowest BCUT2D eigenvalue weighted by molar-refractivity contribution is 0.0680. The smallest absolute Gasteiger partial charge is 0.354 e. The predicted octanol–water partition coefficient (Wildman–Crippen LogP) is 23.7. The first kappa shape index (κ1) is 96.5. The Morgan fingerprint density at radius 3 is 1.34 bits per heavy atom. The van der Waals surface area contributed by atoms with Crippen molar-refractivity contribution in [2.45, 2.75) is 102 Å². The topological polar surface area (TPSA) is 301 Å². The first-order valence-electron chi connectivity index (χ1n) is 47.7. The number of halogens is 5. The van der Waals surface area contributed by atoms with Gasteiger partial charge in [-0.05, 0) is 271 Å². The number of hydrogen-bond donors (Lipinski definition) is 4.